The summed E-state index contributed by atoms with van der Waals surface area (Å²) in [5.41, 5.74) is 2.43. The van der Waals surface area contributed by atoms with Crippen molar-refractivity contribution in [3.05, 3.63) is 35.4 Å². The van der Waals surface area contributed by atoms with E-state index in [1.807, 2.05) is 0 Å². The Labute approximate surface area is 135 Å². The van der Waals surface area contributed by atoms with E-state index >= 15 is 0 Å². The third-order valence-electron chi connectivity index (χ3n) is 2.90. The fraction of sp³-hybridized carbons (Fsp3) is 0.625. The quantitative estimate of drug-likeness (QED) is 0.423. The predicted molar refractivity (Wildman–Crippen MR) is 87.2 cm³/mol. The molecule has 1 unspecified atom stereocenters. The normalized spacial score (nSPS) is 12.5. The summed E-state index contributed by atoms with van der Waals surface area (Å²) in [7, 11) is 1.66. The van der Waals surface area contributed by atoms with Crippen LogP contribution in [0, 0.1) is 6.92 Å². The standard InChI is InChI=1S/C16H25BrO4/c1-14-4-3-5-15(12-14)16(13-17)21-11-10-20-9-8-19-7-6-18-2/h3-5,12,16H,6-11,13H2,1-2H3. The van der Waals surface area contributed by atoms with Gasteiger partial charge in [-0.15, -0.1) is 0 Å². The summed E-state index contributed by atoms with van der Waals surface area (Å²) in [5.74, 6) is 0. The van der Waals surface area contributed by atoms with Crippen molar-refractivity contribution in [1.29, 1.82) is 0 Å². The molecule has 1 rings (SSSR count). The summed E-state index contributed by atoms with van der Waals surface area (Å²) in [4.78, 5) is 0. The van der Waals surface area contributed by atoms with Crippen LogP contribution in [0.25, 0.3) is 0 Å². The SMILES string of the molecule is COCCOCCOCCOC(CBr)c1cccc(C)c1. The molecule has 0 saturated heterocycles. The number of halogens is 1. The van der Waals surface area contributed by atoms with E-state index in [0.717, 1.165) is 5.33 Å². The van der Waals surface area contributed by atoms with Gasteiger partial charge in [-0.3, -0.25) is 0 Å². The van der Waals surface area contributed by atoms with Gasteiger partial charge in [0.2, 0.25) is 0 Å². The van der Waals surface area contributed by atoms with Crippen molar-refractivity contribution in [3.63, 3.8) is 0 Å². The second-order valence-corrected chi connectivity index (χ2v) is 5.29. The zero-order chi connectivity index (χ0) is 15.3. The van der Waals surface area contributed by atoms with Crippen LogP contribution in [0.4, 0.5) is 0 Å². The molecule has 1 aromatic rings. The van der Waals surface area contributed by atoms with Gasteiger partial charge in [0.05, 0.1) is 45.7 Å². The van der Waals surface area contributed by atoms with Crippen molar-refractivity contribution in [3.8, 4) is 0 Å². The van der Waals surface area contributed by atoms with Gasteiger partial charge < -0.3 is 18.9 Å². The number of rotatable bonds is 12. The second kappa shape index (κ2) is 12.1. The maximum absolute atomic E-state index is 5.84. The van der Waals surface area contributed by atoms with Gasteiger partial charge in [0.1, 0.15) is 0 Å². The first-order chi connectivity index (χ1) is 10.3. The Balaban J connectivity index is 2.10. The van der Waals surface area contributed by atoms with Crippen LogP contribution in [0.1, 0.15) is 17.2 Å². The van der Waals surface area contributed by atoms with Crippen LogP contribution in [-0.4, -0.2) is 52.1 Å². The molecule has 21 heavy (non-hydrogen) atoms. The molecule has 0 bridgehead atoms. The highest BCUT2D eigenvalue weighted by atomic mass is 79.9. The molecular formula is C16H25BrO4. The van der Waals surface area contributed by atoms with Crippen LogP contribution < -0.4 is 0 Å². The van der Waals surface area contributed by atoms with Crippen molar-refractivity contribution in [1.82, 2.24) is 0 Å². The minimum absolute atomic E-state index is 0.0615. The molecule has 0 radical (unpaired) electrons. The van der Waals surface area contributed by atoms with Crippen molar-refractivity contribution in [2.24, 2.45) is 0 Å². The molecule has 0 amide bonds. The van der Waals surface area contributed by atoms with Crippen molar-refractivity contribution >= 4 is 15.9 Å². The second-order valence-electron chi connectivity index (χ2n) is 4.65. The van der Waals surface area contributed by atoms with Gasteiger partial charge in [-0.2, -0.15) is 0 Å². The minimum atomic E-state index is 0.0615. The fourth-order valence-electron chi connectivity index (χ4n) is 1.81. The lowest BCUT2D eigenvalue weighted by Gasteiger charge is -2.16. The average molecular weight is 361 g/mol. The number of hydrogen-bond acceptors (Lipinski definition) is 4. The zero-order valence-corrected chi connectivity index (χ0v) is 14.4. The van der Waals surface area contributed by atoms with Crippen molar-refractivity contribution < 1.29 is 18.9 Å². The van der Waals surface area contributed by atoms with Gasteiger partial charge in [0, 0.05) is 12.4 Å². The Morgan fingerprint density at radius 2 is 1.67 bits per heavy atom. The molecular weight excluding hydrogens is 336 g/mol. The topological polar surface area (TPSA) is 36.9 Å². The van der Waals surface area contributed by atoms with Crippen LogP contribution in [0.5, 0.6) is 0 Å². The summed E-state index contributed by atoms with van der Waals surface area (Å²) in [5, 5.41) is 0.774. The summed E-state index contributed by atoms with van der Waals surface area (Å²) >= 11 is 3.50. The first-order valence-corrected chi connectivity index (χ1v) is 8.28. The molecule has 5 heteroatoms. The van der Waals surface area contributed by atoms with Gasteiger partial charge in [0.15, 0.2) is 0 Å². The van der Waals surface area contributed by atoms with Crippen LogP contribution in [0.2, 0.25) is 0 Å². The third-order valence-corrected chi connectivity index (χ3v) is 3.49. The van der Waals surface area contributed by atoms with E-state index < -0.39 is 0 Å². The zero-order valence-electron chi connectivity index (χ0n) is 12.8. The molecule has 0 aliphatic rings. The van der Waals surface area contributed by atoms with E-state index in [-0.39, 0.29) is 6.10 Å². The number of ether oxygens (including phenoxy) is 4. The lowest BCUT2D eigenvalue weighted by atomic mass is 10.1. The van der Waals surface area contributed by atoms with Crippen LogP contribution >= 0.6 is 15.9 Å². The van der Waals surface area contributed by atoms with Gasteiger partial charge in [-0.1, -0.05) is 45.8 Å². The van der Waals surface area contributed by atoms with E-state index in [0.29, 0.717) is 39.6 Å². The molecule has 0 spiro atoms. The fourth-order valence-corrected chi connectivity index (χ4v) is 2.37. The summed E-state index contributed by atoms with van der Waals surface area (Å²) in [6, 6.07) is 8.37. The summed E-state index contributed by atoms with van der Waals surface area (Å²) in [6.45, 7) is 5.62. The molecule has 0 aromatic heterocycles. The minimum Gasteiger partial charge on any atom is -0.382 e. The van der Waals surface area contributed by atoms with E-state index in [1.165, 1.54) is 11.1 Å². The number of aryl methyl sites for hydroxylation is 1. The molecule has 0 aliphatic heterocycles. The Kier molecular flexibility index (Phi) is 10.7. The molecule has 1 atom stereocenters. The summed E-state index contributed by atoms with van der Waals surface area (Å²) in [6.07, 6.45) is 0.0615. The Hall–Kier alpha value is -0.460. The van der Waals surface area contributed by atoms with Gasteiger partial charge in [-0.05, 0) is 12.5 Å². The van der Waals surface area contributed by atoms with Crippen LogP contribution in [0.15, 0.2) is 24.3 Å². The highest BCUT2D eigenvalue weighted by molar-refractivity contribution is 9.09. The Morgan fingerprint density at radius 3 is 2.29 bits per heavy atom. The molecule has 0 saturated carbocycles. The molecule has 0 aliphatic carbocycles. The maximum atomic E-state index is 5.84. The Bertz CT molecular complexity index is 373. The molecule has 1 aromatic carbocycles. The van der Waals surface area contributed by atoms with E-state index in [2.05, 4.69) is 47.1 Å². The number of alkyl halides is 1. The van der Waals surface area contributed by atoms with Gasteiger partial charge in [0.25, 0.3) is 0 Å². The summed E-state index contributed by atoms with van der Waals surface area (Å²) < 4.78 is 21.5. The molecule has 4 nitrogen and oxygen atoms in total. The third kappa shape index (κ3) is 8.53. The maximum Gasteiger partial charge on any atom is 0.0922 e. The molecule has 0 N–H and O–H groups in total. The predicted octanol–water partition coefficient (Wildman–Crippen LogP) is 3.13. The number of methoxy groups -OCH3 is 1. The lowest BCUT2D eigenvalue weighted by Crippen LogP contribution is -2.14. The smallest absolute Gasteiger partial charge is 0.0922 e. The van der Waals surface area contributed by atoms with Gasteiger partial charge in [-0.25, -0.2) is 0 Å². The highest BCUT2D eigenvalue weighted by Gasteiger charge is 2.10. The van der Waals surface area contributed by atoms with Crippen LogP contribution in [-0.2, 0) is 18.9 Å². The van der Waals surface area contributed by atoms with E-state index in [4.69, 9.17) is 18.9 Å². The van der Waals surface area contributed by atoms with Crippen molar-refractivity contribution in [2.75, 3.05) is 52.1 Å². The molecule has 120 valence electrons. The van der Waals surface area contributed by atoms with Crippen molar-refractivity contribution in [2.45, 2.75) is 13.0 Å². The van der Waals surface area contributed by atoms with Gasteiger partial charge >= 0.3 is 0 Å². The number of hydrogen-bond donors (Lipinski definition) is 0. The average Bonchev–Trinajstić information content (AvgIpc) is 2.49. The highest BCUT2D eigenvalue weighted by Crippen LogP contribution is 2.20. The van der Waals surface area contributed by atoms with E-state index in [9.17, 15) is 0 Å². The first-order valence-electron chi connectivity index (χ1n) is 7.16. The lowest BCUT2D eigenvalue weighted by molar-refractivity contribution is -0.0113. The molecule has 0 fully saturated rings. The first kappa shape index (κ1) is 18.6. The largest absolute Gasteiger partial charge is 0.382 e. The Morgan fingerprint density at radius 1 is 1.00 bits per heavy atom. The molecule has 0 heterocycles. The van der Waals surface area contributed by atoms with Crippen LogP contribution in [0.3, 0.4) is 0 Å². The monoisotopic (exact) mass is 360 g/mol. The number of benzene rings is 1. The van der Waals surface area contributed by atoms with E-state index in [1.54, 1.807) is 7.11 Å².